The number of nitrogens with one attached hydrogen (secondary N) is 2. The van der Waals surface area contributed by atoms with Crippen LogP contribution < -0.4 is 10.6 Å². The molecule has 1 aliphatic carbocycles. The average Bonchev–Trinajstić information content (AvgIpc) is 2.35. The van der Waals surface area contributed by atoms with Crippen LogP contribution in [0.1, 0.15) is 32.6 Å². The molecule has 2 amide bonds. The average molecular weight is 258 g/mol. The smallest absolute Gasteiger partial charge is 0.315 e. The predicted octanol–water partition coefficient (Wildman–Crippen LogP) is 0.965. The molecule has 18 heavy (non-hydrogen) atoms. The fraction of sp³-hybridized carbons (Fsp3) is 0.833. The standard InChI is InChI=1S/C12H22N2O4/c1-2-18-7-6-13-12(17)14-10-5-3-4-9(8-10)11(15)16/h9-10H,2-8H2,1H3,(H,15,16)(H2,13,14,17). The fourth-order valence-corrected chi connectivity index (χ4v) is 2.16. The van der Waals surface area contributed by atoms with Gasteiger partial charge < -0.3 is 20.5 Å². The first kappa shape index (κ1) is 14.8. The van der Waals surface area contributed by atoms with Crippen LogP contribution in [0.15, 0.2) is 0 Å². The van der Waals surface area contributed by atoms with E-state index in [-0.39, 0.29) is 18.0 Å². The van der Waals surface area contributed by atoms with Gasteiger partial charge in [-0.1, -0.05) is 6.42 Å². The molecule has 1 fully saturated rings. The number of ether oxygens (including phenoxy) is 1. The molecule has 1 aliphatic rings. The number of urea groups is 1. The molecule has 0 saturated heterocycles. The zero-order valence-corrected chi connectivity index (χ0v) is 10.8. The van der Waals surface area contributed by atoms with Gasteiger partial charge in [0.05, 0.1) is 12.5 Å². The fourth-order valence-electron chi connectivity index (χ4n) is 2.16. The van der Waals surface area contributed by atoms with E-state index in [1.165, 1.54) is 0 Å². The van der Waals surface area contributed by atoms with Crippen molar-refractivity contribution in [1.82, 2.24) is 10.6 Å². The van der Waals surface area contributed by atoms with E-state index in [0.29, 0.717) is 32.6 Å². The number of carboxylic acid groups (broad SMARTS) is 1. The Balaban J connectivity index is 2.20. The summed E-state index contributed by atoms with van der Waals surface area (Å²) in [4.78, 5) is 22.4. The summed E-state index contributed by atoms with van der Waals surface area (Å²) in [7, 11) is 0. The van der Waals surface area contributed by atoms with Gasteiger partial charge in [0.15, 0.2) is 0 Å². The first-order valence-electron chi connectivity index (χ1n) is 6.48. The molecule has 0 aromatic rings. The highest BCUT2D eigenvalue weighted by Gasteiger charge is 2.27. The number of hydrogen-bond acceptors (Lipinski definition) is 3. The number of amides is 2. The topological polar surface area (TPSA) is 87.7 Å². The van der Waals surface area contributed by atoms with Crippen molar-refractivity contribution in [2.75, 3.05) is 19.8 Å². The molecule has 0 spiro atoms. The van der Waals surface area contributed by atoms with Crippen molar-refractivity contribution >= 4 is 12.0 Å². The second-order valence-corrected chi connectivity index (χ2v) is 4.50. The highest BCUT2D eigenvalue weighted by molar-refractivity contribution is 5.74. The lowest BCUT2D eigenvalue weighted by Gasteiger charge is -2.27. The monoisotopic (exact) mass is 258 g/mol. The summed E-state index contributed by atoms with van der Waals surface area (Å²) in [6, 6.07) is -0.280. The minimum Gasteiger partial charge on any atom is -0.481 e. The minimum absolute atomic E-state index is 0.0352. The van der Waals surface area contributed by atoms with E-state index < -0.39 is 5.97 Å². The molecule has 104 valence electrons. The summed E-state index contributed by atoms with van der Waals surface area (Å²) in [5.41, 5.74) is 0. The first-order chi connectivity index (χ1) is 8.63. The third kappa shape index (κ3) is 5.35. The molecule has 0 aliphatic heterocycles. The van der Waals surface area contributed by atoms with Crippen LogP contribution in [0.3, 0.4) is 0 Å². The highest BCUT2D eigenvalue weighted by Crippen LogP contribution is 2.24. The second kappa shape index (κ2) is 7.92. The Morgan fingerprint density at radius 2 is 2.17 bits per heavy atom. The number of carbonyl (C=O) groups excluding carboxylic acids is 1. The normalized spacial score (nSPS) is 23.4. The van der Waals surface area contributed by atoms with Gasteiger partial charge in [-0.2, -0.15) is 0 Å². The molecule has 3 N–H and O–H groups in total. The summed E-state index contributed by atoms with van der Waals surface area (Å²) < 4.78 is 5.10. The van der Waals surface area contributed by atoms with Crippen molar-refractivity contribution in [2.24, 2.45) is 5.92 Å². The first-order valence-corrected chi connectivity index (χ1v) is 6.48. The summed E-state index contributed by atoms with van der Waals surface area (Å²) in [5, 5.41) is 14.4. The van der Waals surface area contributed by atoms with Crippen LogP contribution in [-0.4, -0.2) is 42.9 Å². The predicted molar refractivity (Wildman–Crippen MR) is 66.4 cm³/mol. The Hall–Kier alpha value is -1.30. The van der Waals surface area contributed by atoms with Gasteiger partial charge in [0.25, 0.3) is 0 Å². The van der Waals surface area contributed by atoms with E-state index >= 15 is 0 Å². The van der Waals surface area contributed by atoms with Gasteiger partial charge in [0.1, 0.15) is 0 Å². The van der Waals surface area contributed by atoms with Crippen LogP contribution in [0.25, 0.3) is 0 Å². The number of hydrogen-bond donors (Lipinski definition) is 3. The summed E-state index contributed by atoms with van der Waals surface area (Å²) in [5.74, 6) is -1.09. The van der Waals surface area contributed by atoms with E-state index in [1.54, 1.807) is 0 Å². The molecule has 1 saturated carbocycles. The Morgan fingerprint density at radius 3 is 2.83 bits per heavy atom. The van der Waals surface area contributed by atoms with Gasteiger partial charge in [0.2, 0.25) is 0 Å². The lowest BCUT2D eigenvalue weighted by molar-refractivity contribution is -0.143. The van der Waals surface area contributed by atoms with Crippen molar-refractivity contribution in [3.05, 3.63) is 0 Å². The third-order valence-electron chi connectivity index (χ3n) is 3.09. The van der Waals surface area contributed by atoms with E-state index in [1.807, 2.05) is 6.92 Å². The van der Waals surface area contributed by atoms with Crippen molar-refractivity contribution in [2.45, 2.75) is 38.6 Å². The maximum atomic E-state index is 11.5. The number of carbonyl (C=O) groups is 2. The molecule has 1 rings (SSSR count). The van der Waals surface area contributed by atoms with E-state index in [4.69, 9.17) is 9.84 Å². The molecule has 2 atom stereocenters. The maximum absolute atomic E-state index is 11.5. The third-order valence-corrected chi connectivity index (χ3v) is 3.09. The Morgan fingerprint density at radius 1 is 1.39 bits per heavy atom. The zero-order chi connectivity index (χ0) is 13.4. The molecule has 0 aromatic heterocycles. The van der Waals surface area contributed by atoms with Gasteiger partial charge in [-0.15, -0.1) is 0 Å². The van der Waals surface area contributed by atoms with Gasteiger partial charge in [-0.05, 0) is 26.2 Å². The minimum atomic E-state index is -0.766. The molecule has 0 aromatic carbocycles. The molecular weight excluding hydrogens is 236 g/mol. The van der Waals surface area contributed by atoms with Gasteiger partial charge in [-0.25, -0.2) is 4.79 Å². The van der Waals surface area contributed by atoms with Gasteiger partial charge in [0, 0.05) is 19.2 Å². The SMILES string of the molecule is CCOCCNC(=O)NC1CCCC(C(=O)O)C1. The van der Waals surface area contributed by atoms with Crippen LogP contribution in [0, 0.1) is 5.92 Å². The summed E-state index contributed by atoms with van der Waals surface area (Å²) in [6.07, 6.45) is 2.93. The Kier molecular flexibility index (Phi) is 6.49. The van der Waals surface area contributed by atoms with E-state index in [0.717, 1.165) is 12.8 Å². The molecule has 0 radical (unpaired) electrons. The van der Waals surface area contributed by atoms with Crippen LogP contribution >= 0.6 is 0 Å². The molecule has 0 bridgehead atoms. The molecule has 0 heterocycles. The lowest BCUT2D eigenvalue weighted by atomic mass is 9.86. The Bertz CT molecular complexity index is 283. The van der Waals surface area contributed by atoms with Crippen molar-refractivity contribution in [1.29, 1.82) is 0 Å². The highest BCUT2D eigenvalue weighted by atomic mass is 16.5. The van der Waals surface area contributed by atoms with Crippen molar-refractivity contribution < 1.29 is 19.4 Å². The summed E-state index contributed by atoms with van der Waals surface area (Å²) >= 11 is 0. The number of carboxylic acids is 1. The number of aliphatic carboxylic acids is 1. The number of rotatable bonds is 6. The molecule has 2 unspecified atom stereocenters. The Labute approximate surface area is 107 Å². The zero-order valence-electron chi connectivity index (χ0n) is 10.8. The van der Waals surface area contributed by atoms with Crippen molar-refractivity contribution in [3.63, 3.8) is 0 Å². The van der Waals surface area contributed by atoms with Gasteiger partial charge in [-0.3, -0.25) is 4.79 Å². The second-order valence-electron chi connectivity index (χ2n) is 4.50. The van der Waals surface area contributed by atoms with Gasteiger partial charge >= 0.3 is 12.0 Å². The van der Waals surface area contributed by atoms with Crippen LogP contribution in [-0.2, 0) is 9.53 Å². The van der Waals surface area contributed by atoms with E-state index in [9.17, 15) is 9.59 Å². The molecule has 6 nitrogen and oxygen atoms in total. The molecule has 6 heteroatoms. The summed E-state index contributed by atoms with van der Waals surface area (Å²) in [6.45, 7) is 3.49. The molecular formula is C12H22N2O4. The van der Waals surface area contributed by atoms with Crippen molar-refractivity contribution in [3.8, 4) is 0 Å². The maximum Gasteiger partial charge on any atom is 0.315 e. The van der Waals surface area contributed by atoms with Crippen LogP contribution in [0.5, 0.6) is 0 Å². The lowest BCUT2D eigenvalue weighted by Crippen LogP contribution is -2.45. The largest absolute Gasteiger partial charge is 0.481 e. The quantitative estimate of drug-likeness (QED) is 0.619. The van der Waals surface area contributed by atoms with E-state index in [2.05, 4.69) is 10.6 Å². The van der Waals surface area contributed by atoms with Crippen LogP contribution in [0.4, 0.5) is 4.79 Å². The van der Waals surface area contributed by atoms with Crippen LogP contribution in [0.2, 0.25) is 0 Å².